The third kappa shape index (κ3) is 10.1. The van der Waals surface area contributed by atoms with E-state index in [1.54, 1.807) is 31.3 Å². The molecule has 0 spiro atoms. The number of fused-ring (bicyclic) bond motifs is 1. The lowest BCUT2D eigenvalue weighted by Gasteiger charge is -2.39. The lowest BCUT2D eigenvalue weighted by molar-refractivity contribution is -0.384. The smallest absolute Gasteiger partial charge is 0.293 e. The summed E-state index contributed by atoms with van der Waals surface area (Å²) in [6.45, 7) is 11.7. The Bertz CT molecular complexity index is 2670. The number of nitrogens with one attached hydrogen (secondary N) is 3. The number of sulfonamides is 1. The number of nitro groups is 1. The normalized spacial score (nSPS) is 17.5. The van der Waals surface area contributed by atoms with Gasteiger partial charge < -0.3 is 24.7 Å². The second kappa shape index (κ2) is 18.5. The lowest BCUT2D eigenvalue weighted by atomic mass is 9.72. The molecule has 0 radical (unpaired) electrons. The molecule has 1 amide bonds. The van der Waals surface area contributed by atoms with E-state index in [0.29, 0.717) is 38.5 Å². The number of anilines is 2. The minimum atomic E-state index is -4.65. The van der Waals surface area contributed by atoms with E-state index < -0.39 is 26.5 Å². The van der Waals surface area contributed by atoms with Gasteiger partial charge in [0, 0.05) is 86.9 Å². The summed E-state index contributed by atoms with van der Waals surface area (Å²) in [5, 5.41) is 16.8. The van der Waals surface area contributed by atoms with Crippen LogP contribution in [0.3, 0.4) is 0 Å². The van der Waals surface area contributed by atoms with E-state index in [4.69, 9.17) is 32.7 Å². The van der Waals surface area contributed by atoms with E-state index in [2.05, 4.69) is 55.8 Å². The predicted octanol–water partition coefficient (Wildman–Crippen LogP) is 9.62. The van der Waals surface area contributed by atoms with Crippen LogP contribution in [0.2, 0.25) is 10.0 Å². The molecule has 2 aromatic heterocycles. The molecule has 3 aliphatic rings. The highest BCUT2D eigenvalue weighted by Gasteiger charge is 2.32. The summed E-state index contributed by atoms with van der Waals surface area (Å²) in [4.78, 5) is 37.3. The van der Waals surface area contributed by atoms with Crippen molar-refractivity contribution in [3.05, 3.63) is 115 Å². The Balaban J connectivity index is 1.03. The second-order valence-corrected chi connectivity index (χ2v) is 19.9. The molecule has 332 valence electrons. The number of rotatable bonds is 13. The van der Waals surface area contributed by atoms with E-state index in [0.717, 1.165) is 73.9 Å². The van der Waals surface area contributed by atoms with Gasteiger partial charge in [0.2, 0.25) is 0 Å². The molecule has 4 heterocycles. The molecule has 0 unspecified atom stereocenters. The maximum Gasteiger partial charge on any atom is 0.293 e. The first-order valence-corrected chi connectivity index (χ1v) is 23.4. The van der Waals surface area contributed by atoms with Gasteiger partial charge in [-0.1, -0.05) is 54.8 Å². The summed E-state index contributed by atoms with van der Waals surface area (Å²) in [6.07, 6.45) is 7.99. The van der Waals surface area contributed by atoms with Crippen LogP contribution in [-0.2, 0) is 14.8 Å². The summed E-state index contributed by atoms with van der Waals surface area (Å²) in [6, 6.07) is 17.5. The second-order valence-electron chi connectivity index (χ2n) is 17.4. The highest BCUT2D eigenvalue weighted by molar-refractivity contribution is 7.90. The Kier molecular flexibility index (Phi) is 13.0. The van der Waals surface area contributed by atoms with Gasteiger partial charge in [0.15, 0.2) is 0 Å². The maximum atomic E-state index is 14.2. The molecule has 2 aliphatic heterocycles. The van der Waals surface area contributed by atoms with E-state index in [1.165, 1.54) is 29.0 Å². The number of piperazine rings is 1. The molecule has 1 aliphatic carbocycles. The number of allylic oxidation sites excluding steroid dienone is 1. The van der Waals surface area contributed by atoms with Crippen LogP contribution in [0.1, 0.15) is 67.4 Å². The summed E-state index contributed by atoms with van der Waals surface area (Å²) in [5.74, 6) is -0.634. The SMILES string of the molecule is Cc1c(Cl)c(C(=O)NS(=O)(=O)c2ccc(N3CCN(CC4=C(c5ccc(Cl)cc5)CC(C)(C)CC4)CC3)cc2Oc2cnc3[nH]ccc3c2)cc([N+](=O)[O-])c1NCC1CCOCC1. The number of nitro benzene ring substituents is 1. The summed E-state index contributed by atoms with van der Waals surface area (Å²) < 4.78 is 42.2. The zero-order chi connectivity index (χ0) is 44.5. The van der Waals surface area contributed by atoms with Gasteiger partial charge in [0.1, 0.15) is 27.7 Å². The molecule has 0 bridgehead atoms. The van der Waals surface area contributed by atoms with Gasteiger partial charge in [-0.15, -0.1) is 0 Å². The molecule has 2 saturated heterocycles. The quantitative estimate of drug-likeness (QED) is 0.0759. The molecule has 2 fully saturated rings. The van der Waals surface area contributed by atoms with Gasteiger partial charge in [-0.05, 0) is 103 Å². The van der Waals surface area contributed by atoms with E-state index in [9.17, 15) is 23.3 Å². The van der Waals surface area contributed by atoms with Crippen LogP contribution in [0.4, 0.5) is 17.1 Å². The van der Waals surface area contributed by atoms with Crippen LogP contribution in [0.5, 0.6) is 11.5 Å². The number of aromatic nitrogens is 2. The van der Waals surface area contributed by atoms with Crippen LogP contribution in [0.15, 0.2) is 83.5 Å². The number of aromatic amines is 1. The number of nitrogens with zero attached hydrogens (tertiary/aromatic N) is 4. The first-order chi connectivity index (χ1) is 30.1. The number of hydrogen-bond acceptors (Lipinski definition) is 11. The topological polar surface area (TPSA) is 172 Å². The van der Waals surface area contributed by atoms with Crippen LogP contribution < -0.4 is 19.7 Å². The third-order valence-electron chi connectivity index (χ3n) is 12.4. The van der Waals surface area contributed by atoms with Crippen molar-refractivity contribution in [3.8, 4) is 11.5 Å². The molecule has 3 N–H and O–H groups in total. The van der Waals surface area contributed by atoms with Gasteiger partial charge in [0.25, 0.3) is 21.6 Å². The average molecular weight is 917 g/mol. The van der Waals surface area contributed by atoms with Crippen molar-refractivity contribution in [2.45, 2.75) is 57.8 Å². The monoisotopic (exact) mass is 915 g/mol. The predicted molar refractivity (Wildman–Crippen MR) is 247 cm³/mol. The Morgan fingerprint density at radius 1 is 1.05 bits per heavy atom. The van der Waals surface area contributed by atoms with E-state index >= 15 is 0 Å². The van der Waals surface area contributed by atoms with Gasteiger partial charge in [-0.2, -0.15) is 0 Å². The number of carbonyl (C=O) groups excluding carboxylic acids is 1. The van der Waals surface area contributed by atoms with Gasteiger partial charge in [-0.25, -0.2) is 18.1 Å². The zero-order valence-electron chi connectivity index (χ0n) is 35.5. The first-order valence-electron chi connectivity index (χ1n) is 21.2. The zero-order valence-corrected chi connectivity index (χ0v) is 37.8. The third-order valence-corrected chi connectivity index (χ3v) is 14.5. The van der Waals surface area contributed by atoms with Crippen molar-refractivity contribution >= 4 is 72.8 Å². The minimum Gasteiger partial charge on any atom is -0.454 e. The number of hydrogen-bond donors (Lipinski definition) is 3. The van der Waals surface area contributed by atoms with E-state index in [1.807, 2.05) is 18.2 Å². The molecular weight excluding hydrogens is 866 g/mol. The Hall–Kier alpha value is -5.19. The van der Waals surface area contributed by atoms with Crippen molar-refractivity contribution < 1.29 is 27.6 Å². The molecule has 0 saturated carbocycles. The standard InChI is InChI=1S/C46H51Cl2N7O7S/c1-29-42(48)37(24-39(55(57)58)43(29)50-26-30-12-20-61-21-13-30)45(56)52-63(59,60)41-9-8-35(23-40(41)62-36-22-32-11-15-49-44(32)51-27-36)54-18-16-53(17-19-54)28-33-10-14-46(2,3)25-38(33)31-4-6-34(47)7-5-31/h4-9,11,15,22-24,27,30,50H,10,12-14,16-21,25-26,28H2,1-3H3,(H,49,51)(H,52,56). The Morgan fingerprint density at radius 3 is 2.52 bits per heavy atom. The number of H-pyrrole nitrogens is 1. The molecule has 63 heavy (non-hydrogen) atoms. The fourth-order valence-electron chi connectivity index (χ4n) is 8.73. The highest BCUT2D eigenvalue weighted by atomic mass is 35.5. The maximum absolute atomic E-state index is 14.2. The van der Waals surface area contributed by atoms with Crippen LogP contribution in [0.25, 0.3) is 16.6 Å². The Labute approximate surface area is 377 Å². The number of amides is 1. The van der Waals surface area contributed by atoms with Crippen LogP contribution in [0, 0.1) is 28.4 Å². The van der Waals surface area contributed by atoms with Crippen molar-refractivity contribution in [1.29, 1.82) is 0 Å². The van der Waals surface area contributed by atoms with Gasteiger partial charge in [0.05, 0.1) is 21.7 Å². The largest absolute Gasteiger partial charge is 0.454 e. The van der Waals surface area contributed by atoms with Gasteiger partial charge in [-0.3, -0.25) is 19.8 Å². The molecule has 5 aromatic rings. The molecule has 0 atom stereocenters. The van der Waals surface area contributed by atoms with Gasteiger partial charge >= 0.3 is 0 Å². The number of ether oxygens (including phenoxy) is 2. The van der Waals surface area contributed by atoms with Crippen molar-refractivity contribution in [1.82, 2.24) is 19.6 Å². The fourth-order valence-corrected chi connectivity index (χ4v) is 10.2. The summed E-state index contributed by atoms with van der Waals surface area (Å²) in [5.41, 5.74) is 5.33. The van der Waals surface area contributed by atoms with E-state index in [-0.39, 0.29) is 49.6 Å². The molecular formula is C46H51Cl2N7O7S. The number of carbonyl (C=O) groups is 1. The fraction of sp³-hybridized carbons (Fsp3) is 0.391. The molecule has 3 aromatic carbocycles. The lowest BCUT2D eigenvalue weighted by Crippen LogP contribution is -2.47. The van der Waals surface area contributed by atoms with Crippen LogP contribution in [-0.4, -0.2) is 86.6 Å². The van der Waals surface area contributed by atoms with Crippen molar-refractivity contribution in [3.63, 3.8) is 0 Å². The molecule has 14 nitrogen and oxygen atoms in total. The molecule has 8 rings (SSSR count). The number of benzene rings is 3. The summed E-state index contributed by atoms with van der Waals surface area (Å²) in [7, 11) is -4.65. The molecule has 17 heteroatoms. The average Bonchev–Trinajstić information content (AvgIpc) is 3.73. The van der Waals surface area contributed by atoms with Crippen molar-refractivity contribution in [2.75, 3.05) is 62.7 Å². The summed E-state index contributed by atoms with van der Waals surface area (Å²) >= 11 is 12.9. The Morgan fingerprint density at radius 2 is 1.79 bits per heavy atom. The van der Waals surface area contributed by atoms with Crippen molar-refractivity contribution in [2.24, 2.45) is 11.3 Å². The number of pyridine rings is 1. The number of halogens is 2. The highest BCUT2D eigenvalue weighted by Crippen LogP contribution is 2.44. The minimum absolute atomic E-state index is 0.0320. The first kappa shape index (κ1) is 44.4. The van der Waals surface area contributed by atoms with Crippen LogP contribution >= 0.6 is 23.2 Å².